The zero-order valence-corrected chi connectivity index (χ0v) is 19.4. The third-order valence-electron chi connectivity index (χ3n) is 3.91. The van der Waals surface area contributed by atoms with E-state index >= 15 is 0 Å². The molecule has 0 bridgehead atoms. The van der Waals surface area contributed by atoms with Crippen molar-refractivity contribution in [1.29, 1.82) is 0 Å². The summed E-state index contributed by atoms with van der Waals surface area (Å²) in [5.41, 5.74) is 2.73. The molecule has 2 aromatic rings. The average molecular weight is 494 g/mol. The van der Waals surface area contributed by atoms with Gasteiger partial charge in [-0.05, 0) is 50.5 Å². The number of carbonyl (C=O) groups excluding carboxylic acids is 1. The number of aliphatic imine (C=N–C) groups is 1. The lowest BCUT2D eigenvalue weighted by molar-refractivity contribution is 0.0919. The lowest BCUT2D eigenvalue weighted by Gasteiger charge is -2.20. The van der Waals surface area contributed by atoms with Gasteiger partial charge < -0.3 is 16.0 Å². The molecule has 1 amide bonds. The Morgan fingerprint density at radius 2 is 1.64 bits per heavy atom. The fraction of sp³-hybridized carbons (Fsp3) is 0.364. The van der Waals surface area contributed by atoms with E-state index in [0.717, 1.165) is 24.5 Å². The molecule has 2 aromatic carbocycles. The molecule has 0 atom stereocenters. The number of rotatable bonds is 6. The number of hydrogen-bond acceptors (Lipinski definition) is 2. The van der Waals surface area contributed by atoms with Crippen LogP contribution < -0.4 is 16.0 Å². The molecular formula is C22H31IN4O. The van der Waals surface area contributed by atoms with Crippen molar-refractivity contribution in [3.8, 4) is 0 Å². The molecule has 28 heavy (non-hydrogen) atoms. The summed E-state index contributed by atoms with van der Waals surface area (Å²) in [5, 5.41) is 9.60. The number of benzene rings is 2. The summed E-state index contributed by atoms with van der Waals surface area (Å²) in [6.45, 7) is 7.32. The van der Waals surface area contributed by atoms with E-state index < -0.39 is 0 Å². The first kappa shape index (κ1) is 23.9. The van der Waals surface area contributed by atoms with Gasteiger partial charge in [-0.3, -0.25) is 9.79 Å². The van der Waals surface area contributed by atoms with Crippen molar-refractivity contribution in [2.24, 2.45) is 4.99 Å². The predicted octanol–water partition coefficient (Wildman–Crippen LogP) is 3.74. The molecule has 6 heteroatoms. The average Bonchev–Trinajstić information content (AvgIpc) is 2.64. The number of guanidine groups is 1. The Hall–Kier alpha value is -2.09. The molecule has 0 saturated carbocycles. The highest BCUT2D eigenvalue weighted by Crippen LogP contribution is 2.08. The second-order valence-electron chi connectivity index (χ2n) is 7.49. The second kappa shape index (κ2) is 11.7. The third kappa shape index (κ3) is 8.73. The summed E-state index contributed by atoms with van der Waals surface area (Å²) in [7, 11) is 1.76. The summed E-state index contributed by atoms with van der Waals surface area (Å²) in [5.74, 6) is 0.685. The molecule has 0 spiro atoms. The number of halogens is 1. The molecule has 0 saturated heterocycles. The topological polar surface area (TPSA) is 65.5 Å². The van der Waals surface area contributed by atoms with E-state index in [1.807, 2.05) is 63.2 Å². The largest absolute Gasteiger partial charge is 0.356 e. The van der Waals surface area contributed by atoms with Gasteiger partial charge in [0.05, 0.1) is 0 Å². The van der Waals surface area contributed by atoms with Crippen LogP contribution in [0.2, 0.25) is 0 Å². The summed E-state index contributed by atoms with van der Waals surface area (Å²) in [4.78, 5) is 16.6. The zero-order chi connectivity index (χ0) is 19.7. The minimum Gasteiger partial charge on any atom is -0.356 e. The van der Waals surface area contributed by atoms with Crippen molar-refractivity contribution in [2.75, 3.05) is 13.6 Å². The van der Waals surface area contributed by atoms with E-state index in [1.165, 1.54) is 5.56 Å². The molecular weight excluding hydrogens is 463 g/mol. The molecule has 0 aliphatic carbocycles. The van der Waals surface area contributed by atoms with Gasteiger partial charge in [-0.2, -0.15) is 0 Å². The van der Waals surface area contributed by atoms with Crippen molar-refractivity contribution >= 4 is 35.8 Å². The van der Waals surface area contributed by atoms with Crippen LogP contribution in [0.15, 0.2) is 59.6 Å². The summed E-state index contributed by atoms with van der Waals surface area (Å²) in [6.07, 6.45) is 0.935. The molecule has 152 valence electrons. The van der Waals surface area contributed by atoms with Crippen LogP contribution in [0.25, 0.3) is 0 Å². The normalized spacial score (nSPS) is 11.4. The monoisotopic (exact) mass is 494 g/mol. The van der Waals surface area contributed by atoms with Crippen LogP contribution >= 0.6 is 24.0 Å². The lowest BCUT2D eigenvalue weighted by atomic mass is 10.1. The van der Waals surface area contributed by atoms with Crippen LogP contribution in [0, 0.1) is 0 Å². The maximum Gasteiger partial charge on any atom is 0.251 e. The first-order valence-electron chi connectivity index (χ1n) is 9.27. The van der Waals surface area contributed by atoms with Crippen LogP contribution in [0.4, 0.5) is 0 Å². The van der Waals surface area contributed by atoms with Gasteiger partial charge in [0.15, 0.2) is 5.96 Å². The SMILES string of the molecule is CN=C(NCCc1ccccc1)NCc1cccc(C(=O)NC(C)(C)C)c1.I. The summed E-state index contributed by atoms with van der Waals surface area (Å²) in [6, 6.07) is 18.0. The number of amides is 1. The van der Waals surface area contributed by atoms with Gasteiger partial charge in [-0.1, -0.05) is 42.5 Å². The molecule has 0 heterocycles. The van der Waals surface area contributed by atoms with Crippen molar-refractivity contribution in [1.82, 2.24) is 16.0 Å². The van der Waals surface area contributed by atoms with Crippen molar-refractivity contribution in [3.63, 3.8) is 0 Å². The van der Waals surface area contributed by atoms with Gasteiger partial charge in [-0.15, -0.1) is 24.0 Å². The minimum absolute atomic E-state index is 0. The molecule has 3 N–H and O–H groups in total. The van der Waals surface area contributed by atoms with Crippen molar-refractivity contribution in [2.45, 2.75) is 39.3 Å². The zero-order valence-electron chi connectivity index (χ0n) is 17.1. The van der Waals surface area contributed by atoms with Gasteiger partial charge in [0.1, 0.15) is 0 Å². The molecule has 0 aliphatic heterocycles. The van der Waals surface area contributed by atoms with Gasteiger partial charge in [0.25, 0.3) is 5.91 Å². The molecule has 0 unspecified atom stereocenters. The first-order chi connectivity index (χ1) is 12.9. The predicted molar refractivity (Wildman–Crippen MR) is 127 cm³/mol. The lowest BCUT2D eigenvalue weighted by Crippen LogP contribution is -2.40. The molecule has 0 fully saturated rings. The minimum atomic E-state index is -0.254. The van der Waals surface area contributed by atoms with E-state index in [0.29, 0.717) is 12.1 Å². The van der Waals surface area contributed by atoms with Crippen LogP contribution in [0.5, 0.6) is 0 Å². The standard InChI is InChI=1S/C22H30N4O.HI/c1-22(2,3)26-20(27)19-12-8-11-18(15-19)16-25-21(23-4)24-14-13-17-9-6-5-7-10-17;/h5-12,15H,13-14,16H2,1-4H3,(H,26,27)(H2,23,24,25);1H. The van der Waals surface area contributed by atoms with E-state index in [4.69, 9.17) is 0 Å². The fourth-order valence-electron chi connectivity index (χ4n) is 2.61. The summed E-state index contributed by atoms with van der Waals surface area (Å²) < 4.78 is 0. The highest BCUT2D eigenvalue weighted by molar-refractivity contribution is 14.0. The Kier molecular flexibility index (Phi) is 9.99. The Morgan fingerprint density at radius 1 is 0.964 bits per heavy atom. The maximum atomic E-state index is 12.3. The smallest absolute Gasteiger partial charge is 0.251 e. The molecule has 5 nitrogen and oxygen atoms in total. The van der Waals surface area contributed by atoms with Crippen LogP contribution in [0.1, 0.15) is 42.3 Å². The van der Waals surface area contributed by atoms with Crippen LogP contribution in [-0.4, -0.2) is 31.0 Å². The van der Waals surface area contributed by atoms with E-state index in [1.54, 1.807) is 7.05 Å². The van der Waals surface area contributed by atoms with E-state index in [2.05, 4.69) is 33.1 Å². The number of nitrogens with one attached hydrogen (secondary N) is 3. The van der Waals surface area contributed by atoms with Crippen molar-refractivity contribution < 1.29 is 4.79 Å². The molecule has 0 radical (unpaired) electrons. The fourth-order valence-corrected chi connectivity index (χ4v) is 2.61. The van der Waals surface area contributed by atoms with Crippen LogP contribution in [-0.2, 0) is 13.0 Å². The Balaban J connectivity index is 0.00000392. The quantitative estimate of drug-likeness (QED) is 0.326. The van der Waals surface area contributed by atoms with Gasteiger partial charge in [0.2, 0.25) is 0 Å². The second-order valence-corrected chi connectivity index (χ2v) is 7.49. The highest BCUT2D eigenvalue weighted by Gasteiger charge is 2.15. The van der Waals surface area contributed by atoms with E-state index in [9.17, 15) is 4.79 Å². The third-order valence-corrected chi connectivity index (χ3v) is 3.91. The first-order valence-corrected chi connectivity index (χ1v) is 9.27. The number of carbonyl (C=O) groups is 1. The number of nitrogens with zero attached hydrogens (tertiary/aromatic N) is 1. The number of hydrogen-bond donors (Lipinski definition) is 3. The van der Waals surface area contributed by atoms with E-state index in [-0.39, 0.29) is 35.4 Å². The Bertz CT molecular complexity index is 770. The molecule has 0 aliphatic rings. The van der Waals surface area contributed by atoms with Crippen LogP contribution in [0.3, 0.4) is 0 Å². The van der Waals surface area contributed by atoms with Gasteiger partial charge in [0, 0.05) is 31.2 Å². The Morgan fingerprint density at radius 3 is 2.29 bits per heavy atom. The summed E-state index contributed by atoms with van der Waals surface area (Å²) >= 11 is 0. The Labute approximate surface area is 185 Å². The molecule has 0 aromatic heterocycles. The van der Waals surface area contributed by atoms with Gasteiger partial charge >= 0.3 is 0 Å². The van der Waals surface area contributed by atoms with Crippen molar-refractivity contribution in [3.05, 3.63) is 71.3 Å². The van der Waals surface area contributed by atoms with Gasteiger partial charge in [-0.25, -0.2) is 0 Å². The maximum absolute atomic E-state index is 12.3. The molecule has 2 rings (SSSR count). The highest BCUT2D eigenvalue weighted by atomic mass is 127.